The molecule has 160 valence electrons. The summed E-state index contributed by atoms with van der Waals surface area (Å²) < 4.78 is 3.27. The summed E-state index contributed by atoms with van der Waals surface area (Å²) in [5.41, 5.74) is 1.42. The lowest BCUT2D eigenvalue weighted by molar-refractivity contribution is -0.115. The Morgan fingerprint density at radius 1 is 1.26 bits per heavy atom. The average molecular weight is 455 g/mol. The summed E-state index contributed by atoms with van der Waals surface area (Å²) in [5, 5.41) is 12.0. The number of hydrogen-bond acceptors (Lipinski definition) is 6. The maximum absolute atomic E-state index is 13.0. The van der Waals surface area contributed by atoms with Crippen molar-refractivity contribution < 1.29 is 4.79 Å². The molecule has 10 heteroatoms. The van der Waals surface area contributed by atoms with E-state index in [0.717, 1.165) is 11.5 Å². The third-order valence-electron chi connectivity index (χ3n) is 4.89. The van der Waals surface area contributed by atoms with Gasteiger partial charge in [0.15, 0.2) is 0 Å². The van der Waals surface area contributed by atoms with Crippen LogP contribution in [0, 0.1) is 6.92 Å². The zero-order valence-corrected chi connectivity index (χ0v) is 19.0. The molecule has 1 unspecified atom stereocenters. The van der Waals surface area contributed by atoms with E-state index in [1.807, 2.05) is 47.8 Å². The van der Waals surface area contributed by atoms with Gasteiger partial charge in [-0.2, -0.15) is 0 Å². The molecule has 4 rings (SSSR count). The van der Waals surface area contributed by atoms with Crippen LogP contribution >= 0.6 is 23.1 Å². The Balaban J connectivity index is 1.46. The summed E-state index contributed by atoms with van der Waals surface area (Å²) in [4.78, 5) is 31.4. The van der Waals surface area contributed by atoms with E-state index in [9.17, 15) is 9.59 Å². The van der Waals surface area contributed by atoms with E-state index in [0.29, 0.717) is 17.3 Å². The van der Waals surface area contributed by atoms with Gasteiger partial charge in [-0.25, -0.2) is 9.67 Å². The summed E-state index contributed by atoms with van der Waals surface area (Å²) in [5.74, 6) is 0.475. The van der Waals surface area contributed by atoms with Crippen molar-refractivity contribution in [1.29, 1.82) is 0 Å². The van der Waals surface area contributed by atoms with Crippen molar-refractivity contribution in [3.05, 3.63) is 74.6 Å². The Bertz CT molecular complexity index is 1240. The minimum atomic E-state index is -0.477. The number of nitrogens with one attached hydrogen (secondary N) is 2. The third kappa shape index (κ3) is 4.49. The van der Waals surface area contributed by atoms with Crippen LogP contribution in [-0.4, -0.2) is 35.7 Å². The quantitative estimate of drug-likeness (QED) is 0.417. The van der Waals surface area contributed by atoms with Crippen molar-refractivity contribution in [2.45, 2.75) is 30.7 Å². The predicted molar refractivity (Wildman–Crippen MR) is 123 cm³/mol. The van der Waals surface area contributed by atoms with Crippen LogP contribution in [0.15, 0.2) is 57.8 Å². The number of nitrogens with zero attached hydrogens (tertiary/aromatic N) is 4. The molecule has 3 heterocycles. The number of anilines is 1. The number of thiophene rings is 1. The number of H-pyrrole nitrogens is 1. The van der Waals surface area contributed by atoms with Gasteiger partial charge in [-0.05, 0) is 37.4 Å². The molecular formula is C21H22N6O2S2. The largest absolute Gasteiger partial charge is 0.319 e. The molecule has 0 bridgehead atoms. The van der Waals surface area contributed by atoms with Crippen molar-refractivity contribution in [3.63, 3.8) is 0 Å². The van der Waals surface area contributed by atoms with Gasteiger partial charge in [0, 0.05) is 18.3 Å². The molecule has 0 fully saturated rings. The molecule has 0 saturated heterocycles. The van der Waals surface area contributed by atoms with Crippen molar-refractivity contribution >= 4 is 34.7 Å². The van der Waals surface area contributed by atoms with Crippen molar-refractivity contribution in [1.82, 2.24) is 24.5 Å². The third-order valence-corrected chi connectivity index (χ3v) is 6.72. The molecule has 31 heavy (non-hydrogen) atoms. The molecule has 3 aromatic heterocycles. The molecule has 0 spiro atoms. The normalized spacial score (nSPS) is 12.1. The number of rotatable bonds is 7. The lowest BCUT2D eigenvalue weighted by Gasteiger charge is -2.09. The van der Waals surface area contributed by atoms with Crippen LogP contribution in [0.1, 0.15) is 23.3 Å². The predicted octanol–water partition coefficient (Wildman–Crippen LogP) is 3.37. The molecule has 1 amide bonds. The lowest BCUT2D eigenvalue weighted by atomic mass is 10.3. The molecular weight excluding hydrogens is 432 g/mol. The van der Waals surface area contributed by atoms with Gasteiger partial charge in [0.2, 0.25) is 11.1 Å². The van der Waals surface area contributed by atoms with Gasteiger partial charge in [-0.3, -0.25) is 19.4 Å². The topological polar surface area (TPSA) is 97.6 Å². The fraction of sp³-hybridized carbons (Fsp3) is 0.238. The first kappa shape index (κ1) is 21.1. The molecule has 1 aromatic carbocycles. The first-order valence-electron chi connectivity index (χ1n) is 9.69. The van der Waals surface area contributed by atoms with Crippen molar-refractivity contribution in [2.24, 2.45) is 7.05 Å². The van der Waals surface area contributed by atoms with Crippen LogP contribution in [0.2, 0.25) is 0 Å². The number of aromatic nitrogens is 5. The van der Waals surface area contributed by atoms with E-state index in [1.54, 1.807) is 36.9 Å². The Morgan fingerprint density at radius 3 is 2.74 bits per heavy atom. The molecule has 4 aromatic rings. The zero-order chi connectivity index (χ0) is 22.0. The lowest BCUT2D eigenvalue weighted by Crippen LogP contribution is -2.27. The Morgan fingerprint density at radius 2 is 2.03 bits per heavy atom. The summed E-state index contributed by atoms with van der Waals surface area (Å²) in [7, 11) is 1.79. The van der Waals surface area contributed by atoms with Gasteiger partial charge in [0.1, 0.15) is 11.5 Å². The molecule has 1 atom stereocenters. The van der Waals surface area contributed by atoms with E-state index in [1.165, 1.54) is 21.3 Å². The SMILES string of the molecule is Cc1c(NC(=O)C(C)Sc2n[nH]c(Cc3cccs3)n2)c(=O)n(-c2ccccc2)n1C. The zero-order valence-electron chi connectivity index (χ0n) is 17.3. The molecule has 0 aliphatic carbocycles. The van der Waals surface area contributed by atoms with E-state index >= 15 is 0 Å². The molecule has 8 nitrogen and oxygen atoms in total. The van der Waals surface area contributed by atoms with Gasteiger partial charge in [-0.1, -0.05) is 36.0 Å². The van der Waals surface area contributed by atoms with Crippen LogP contribution < -0.4 is 10.9 Å². The van der Waals surface area contributed by atoms with Crippen LogP contribution in [0.3, 0.4) is 0 Å². The van der Waals surface area contributed by atoms with Crippen LogP contribution in [-0.2, 0) is 18.3 Å². The number of benzene rings is 1. The molecule has 0 aliphatic rings. The number of hydrogen-bond donors (Lipinski definition) is 2. The summed E-state index contributed by atoms with van der Waals surface area (Å²) in [6.45, 7) is 3.57. The second-order valence-corrected chi connectivity index (χ2v) is 9.35. The smallest absolute Gasteiger partial charge is 0.295 e. The Kier molecular flexibility index (Phi) is 6.10. The first-order valence-corrected chi connectivity index (χ1v) is 11.4. The molecule has 2 N–H and O–H groups in total. The highest BCUT2D eigenvalue weighted by molar-refractivity contribution is 8.00. The number of amides is 1. The van der Waals surface area contributed by atoms with Gasteiger partial charge < -0.3 is 5.32 Å². The number of para-hydroxylation sites is 1. The minimum Gasteiger partial charge on any atom is -0.319 e. The fourth-order valence-electron chi connectivity index (χ4n) is 3.14. The van der Waals surface area contributed by atoms with Crippen LogP contribution in [0.5, 0.6) is 0 Å². The summed E-state index contributed by atoms with van der Waals surface area (Å²) in [6.07, 6.45) is 0.675. The van der Waals surface area contributed by atoms with Crippen LogP contribution in [0.4, 0.5) is 5.69 Å². The minimum absolute atomic E-state index is 0.270. The van der Waals surface area contributed by atoms with E-state index < -0.39 is 5.25 Å². The Labute approximate surface area is 187 Å². The van der Waals surface area contributed by atoms with Gasteiger partial charge in [0.05, 0.1) is 16.6 Å². The van der Waals surface area contributed by atoms with Crippen LogP contribution in [0.25, 0.3) is 5.69 Å². The highest BCUT2D eigenvalue weighted by Crippen LogP contribution is 2.22. The molecule has 0 radical (unpaired) electrons. The summed E-state index contributed by atoms with van der Waals surface area (Å²) in [6, 6.07) is 13.4. The number of thioether (sulfide) groups is 1. The number of carbonyl (C=O) groups excluding carboxylic acids is 1. The second-order valence-electron chi connectivity index (χ2n) is 7.01. The van der Waals surface area contributed by atoms with E-state index in [4.69, 9.17) is 0 Å². The number of carbonyl (C=O) groups is 1. The second kappa shape index (κ2) is 8.94. The highest BCUT2D eigenvalue weighted by atomic mass is 32.2. The number of aromatic amines is 1. The van der Waals surface area contributed by atoms with Gasteiger partial charge >= 0.3 is 0 Å². The van der Waals surface area contributed by atoms with Gasteiger partial charge in [0.25, 0.3) is 5.56 Å². The van der Waals surface area contributed by atoms with Gasteiger partial charge in [-0.15, -0.1) is 16.4 Å². The van der Waals surface area contributed by atoms with E-state index in [2.05, 4.69) is 20.5 Å². The molecule has 0 saturated carbocycles. The maximum atomic E-state index is 13.0. The summed E-state index contributed by atoms with van der Waals surface area (Å²) >= 11 is 2.90. The first-order chi connectivity index (χ1) is 14.9. The fourth-order valence-corrected chi connectivity index (χ4v) is 4.59. The maximum Gasteiger partial charge on any atom is 0.295 e. The van der Waals surface area contributed by atoms with Crippen molar-refractivity contribution in [2.75, 3.05) is 5.32 Å². The van der Waals surface area contributed by atoms with E-state index in [-0.39, 0.29) is 17.2 Å². The highest BCUT2D eigenvalue weighted by Gasteiger charge is 2.22. The Hall–Kier alpha value is -3.11. The standard InChI is InChI=1S/C21H22N6O2S2/c1-13-18(20(29)27(26(13)3)15-8-5-4-6-9-15)23-19(28)14(2)31-21-22-17(24-25-21)12-16-10-7-11-30-16/h4-11,14H,12H2,1-3H3,(H,23,28)(H,22,24,25). The average Bonchev–Trinajstić information content (AvgIpc) is 3.48. The molecule has 0 aliphatic heterocycles. The van der Waals surface area contributed by atoms with Crippen molar-refractivity contribution in [3.8, 4) is 5.69 Å². The monoisotopic (exact) mass is 454 g/mol.